The maximum atomic E-state index is 12.1. The molecule has 2 amide bonds. The highest BCUT2D eigenvalue weighted by Crippen LogP contribution is 2.25. The van der Waals surface area contributed by atoms with Gasteiger partial charge < -0.3 is 20.5 Å². The van der Waals surface area contributed by atoms with E-state index in [9.17, 15) is 9.59 Å². The van der Waals surface area contributed by atoms with Gasteiger partial charge in [0.15, 0.2) is 6.61 Å². The largest absolute Gasteiger partial charge is 0.495 e. The molecule has 2 rings (SSSR count). The molecule has 0 radical (unpaired) electrons. The normalized spacial score (nSPS) is 10.5. The van der Waals surface area contributed by atoms with Crippen molar-refractivity contribution in [3.63, 3.8) is 0 Å². The fourth-order valence-corrected chi connectivity index (χ4v) is 2.10. The summed E-state index contributed by atoms with van der Waals surface area (Å²) in [6.45, 7) is 1.77. The summed E-state index contributed by atoms with van der Waals surface area (Å²) in [6.07, 6.45) is 3.11. The van der Waals surface area contributed by atoms with Gasteiger partial charge in [-0.1, -0.05) is 18.2 Å². The molecule has 130 valence electrons. The van der Waals surface area contributed by atoms with Gasteiger partial charge >= 0.3 is 0 Å². The highest BCUT2D eigenvalue weighted by molar-refractivity contribution is 6.02. The number of aryl methyl sites for hydroxylation is 1. The van der Waals surface area contributed by atoms with Gasteiger partial charge in [0.25, 0.3) is 5.91 Å². The molecule has 3 N–H and O–H groups in total. The third-order valence-corrected chi connectivity index (χ3v) is 3.30. The van der Waals surface area contributed by atoms with Crippen LogP contribution in [0.5, 0.6) is 11.5 Å². The number of hydrogen-bond acceptors (Lipinski definition) is 4. The van der Waals surface area contributed by atoms with Crippen LogP contribution in [-0.2, 0) is 9.59 Å². The molecule has 0 heterocycles. The Kier molecular flexibility index (Phi) is 6.17. The molecule has 0 bridgehead atoms. The number of rotatable bonds is 7. The van der Waals surface area contributed by atoms with Crippen LogP contribution < -0.4 is 20.5 Å². The molecule has 0 aliphatic carbocycles. The van der Waals surface area contributed by atoms with Crippen LogP contribution in [0.2, 0.25) is 0 Å². The van der Waals surface area contributed by atoms with Crippen molar-refractivity contribution in [3.8, 4) is 11.5 Å². The van der Waals surface area contributed by atoms with Gasteiger partial charge in [-0.15, -0.1) is 0 Å². The lowest BCUT2D eigenvalue weighted by Gasteiger charge is -2.09. The number of primary amides is 1. The monoisotopic (exact) mass is 340 g/mol. The number of methoxy groups -OCH3 is 1. The molecule has 6 nitrogen and oxygen atoms in total. The Hall–Kier alpha value is -3.28. The zero-order chi connectivity index (χ0) is 18.2. The van der Waals surface area contributed by atoms with Gasteiger partial charge in [-0.2, -0.15) is 0 Å². The number of carbonyl (C=O) groups is 2. The number of amides is 2. The molecule has 0 aliphatic heterocycles. The second-order valence-corrected chi connectivity index (χ2v) is 5.35. The summed E-state index contributed by atoms with van der Waals surface area (Å²) in [5, 5.41) is 2.79. The van der Waals surface area contributed by atoms with Crippen molar-refractivity contribution in [3.05, 3.63) is 59.7 Å². The van der Waals surface area contributed by atoms with E-state index in [-0.39, 0.29) is 12.5 Å². The van der Waals surface area contributed by atoms with E-state index < -0.39 is 5.91 Å². The van der Waals surface area contributed by atoms with Crippen molar-refractivity contribution in [2.24, 2.45) is 5.73 Å². The van der Waals surface area contributed by atoms with Gasteiger partial charge in [-0.05, 0) is 48.4 Å². The number of carbonyl (C=O) groups excluding carboxylic acids is 2. The van der Waals surface area contributed by atoms with Crippen molar-refractivity contribution in [2.75, 3.05) is 19.0 Å². The van der Waals surface area contributed by atoms with E-state index in [1.165, 1.54) is 6.08 Å². The Balaban J connectivity index is 1.98. The van der Waals surface area contributed by atoms with E-state index in [1.807, 2.05) is 19.1 Å². The van der Waals surface area contributed by atoms with Crippen molar-refractivity contribution in [1.29, 1.82) is 0 Å². The number of hydrogen-bond donors (Lipinski definition) is 2. The van der Waals surface area contributed by atoms with E-state index in [1.54, 1.807) is 43.5 Å². The van der Waals surface area contributed by atoms with E-state index in [0.717, 1.165) is 11.1 Å². The van der Waals surface area contributed by atoms with Gasteiger partial charge in [-0.3, -0.25) is 9.59 Å². The Bertz CT molecular complexity index is 783. The molecule has 25 heavy (non-hydrogen) atoms. The molecule has 2 aromatic carbocycles. The zero-order valence-corrected chi connectivity index (χ0v) is 14.1. The minimum Gasteiger partial charge on any atom is -0.495 e. The first-order chi connectivity index (χ1) is 12.0. The quantitative estimate of drug-likeness (QED) is 0.758. The summed E-state index contributed by atoms with van der Waals surface area (Å²) in [6, 6.07) is 12.5. The first-order valence-corrected chi connectivity index (χ1v) is 7.63. The minimum atomic E-state index is -0.535. The predicted octanol–water partition coefficient (Wildman–Crippen LogP) is 2.52. The van der Waals surface area contributed by atoms with Crippen LogP contribution in [0.25, 0.3) is 6.08 Å². The zero-order valence-electron chi connectivity index (χ0n) is 14.1. The van der Waals surface area contributed by atoms with Crippen molar-refractivity contribution in [1.82, 2.24) is 0 Å². The van der Waals surface area contributed by atoms with Crippen LogP contribution in [0.15, 0.2) is 48.5 Å². The lowest BCUT2D eigenvalue weighted by molar-refractivity contribution is -0.120. The summed E-state index contributed by atoms with van der Waals surface area (Å²) in [4.78, 5) is 22.7. The van der Waals surface area contributed by atoms with Gasteiger partial charge in [-0.25, -0.2) is 0 Å². The lowest BCUT2D eigenvalue weighted by atomic mass is 10.2. The van der Waals surface area contributed by atoms with Crippen LogP contribution in [0.3, 0.4) is 0 Å². The Morgan fingerprint density at radius 2 is 1.88 bits per heavy atom. The SMILES string of the molecule is COc1ccc(C)cc1NC(=O)C=Cc1ccc(OCC(N)=O)cc1. The molecule has 0 fully saturated rings. The molecule has 0 aromatic heterocycles. The maximum Gasteiger partial charge on any atom is 0.255 e. The number of nitrogens with two attached hydrogens (primary N) is 1. The maximum absolute atomic E-state index is 12.1. The first kappa shape index (κ1) is 18.1. The second-order valence-electron chi connectivity index (χ2n) is 5.35. The molecule has 0 saturated carbocycles. The van der Waals surface area contributed by atoms with E-state index in [0.29, 0.717) is 17.2 Å². The number of nitrogens with one attached hydrogen (secondary N) is 1. The van der Waals surface area contributed by atoms with E-state index in [4.69, 9.17) is 15.2 Å². The van der Waals surface area contributed by atoms with Crippen molar-refractivity contribution >= 4 is 23.6 Å². The third-order valence-electron chi connectivity index (χ3n) is 3.30. The average molecular weight is 340 g/mol. The van der Waals surface area contributed by atoms with Crippen molar-refractivity contribution < 1.29 is 19.1 Å². The number of anilines is 1. The highest BCUT2D eigenvalue weighted by Gasteiger charge is 2.05. The summed E-state index contributed by atoms with van der Waals surface area (Å²) in [5.74, 6) is 0.332. The van der Waals surface area contributed by atoms with E-state index in [2.05, 4.69) is 5.32 Å². The molecule has 6 heteroatoms. The molecular weight excluding hydrogens is 320 g/mol. The molecule has 0 atom stereocenters. The lowest BCUT2D eigenvalue weighted by Crippen LogP contribution is -2.19. The molecule has 0 unspecified atom stereocenters. The van der Waals surface area contributed by atoms with Crippen LogP contribution >= 0.6 is 0 Å². The number of benzene rings is 2. The molecule has 0 aliphatic rings. The first-order valence-electron chi connectivity index (χ1n) is 7.63. The minimum absolute atomic E-state index is 0.171. The second kappa shape index (κ2) is 8.54. The third kappa shape index (κ3) is 5.69. The molecule has 2 aromatic rings. The Morgan fingerprint density at radius 1 is 1.16 bits per heavy atom. The van der Waals surface area contributed by atoms with Gasteiger partial charge in [0.05, 0.1) is 12.8 Å². The van der Waals surface area contributed by atoms with Crippen LogP contribution in [-0.4, -0.2) is 25.5 Å². The van der Waals surface area contributed by atoms with Crippen molar-refractivity contribution in [2.45, 2.75) is 6.92 Å². The molecule has 0 saturated heterocycles. The fourth-order valence-electron chi connectivity index (χ4n) is 2.10. The van der Waals surface area contributed by atoms with Gasteiger partial charge in [0.2, 0.25) is 5.91 Å². The summed E-state index contributed by atoms with van der Waals surface area (Å²) >= 11 is 0. The topological polar surface area (TPSA) is 90.7 Å². The predicted molar refractivity (Wildman–Crippen MR) is 96.5 cm³/mol. The summed E-state index contributed by atoms with van der Waals surface area (Å²) in [5.41, 5.74) is 7.47. The molecule has 0 spiro atoms. The Morgan fingerprint density at radius 3 is 2.52 bits per heavy atom. The fraction of sp³-hybridized carbons (Fsp3) is 0.158. The smallest absolute Gasteiger partial charge is 0.255 e. The van der Waals surface area contributed by atoms with Crippen LogP contribution in [0.1, 0.15) is 11.1 Å². The molecular formula is C19H20N2O4. The summed E-state index contributed by atoms with van der Waals surface area (Å²) in [7, 11) is 1.55. The van der Waals surface area contributed by atoms with Crippen LogP contribution in [0, 0.1) is 6.92 Å². The van der Waals surface area contributed by atoms with Gasteiger partial charge in [0.1, 0.15) is 11.5 Å². The highest BCUT2D eigenvalue weighted by atomic mass is 16.5. The Labute approximate surface area is 146 Å². The van der Waals surface area contributed by atoms with Crippen LogP contribution in [0.4, 0.5) is 5.69 Å². The summed E-state index contributed by atoms with van der Waals surface area (Å²) < 4.78 is 10.4. The number of ether oxygens (including phenoxy) is 2. The van der Waals surface area contributed by atoms with E-state index >= 15 is 0 Å². The van der Waals surface area contributed by atoms with Gasteiger partial charge in [0, 0.05) is 6.08 Å². The standard InChI is InChI=1S/C19H20N2O4/c1-13-3-9-17(24-2)16(11-13)21-19(23)10-6-14-4-7-15(8-5-14)25-12-18(20)22/h3-11H,12H2,1-2H3,(H2,20,22)(H,21,23). The average Bonchev–Trinajstić information content (AvgIpc) is 2.59.